The molecule has 0 aliphatic carbocycles. The Labute approximate surface area is 162 Å². The van der Waals surface area contributed by atoms with Gasteiger partial charge in [-0.15, -0.1) is 0 Å². The summed E-state index contributed by atoms with van der Waals surface area (Å²) < 4.78 is 12.8. The second-order valence-electron chi connectivity index (χ2n) is 6.73. The largest absolute Gasteiger partial charge is 0.497 e. The number of carbonyl (C=O) groups excluding carboxylic acids is 1. The molecule has 0 radical (unpaired) electrons. The molecule has 1 amide bonds. The summed E-state index contributed by atoms with van der Waals surface area (Å²) in [5, 5.41) is 8.09. The topological polar surface area (TPSA) is 69.3 Å². The van der Waals surface area contributed by atoms with Gasteiger partial charge >= 0.3 is 0 Å². The molecule has 28 heavy (non-hydrogen) atoms. The normalized spacial score (nSPS) is 11.0. The second-order valence-corrected chi connectivity index (χ2v) is 6.73. The van der Waals surface area contributed by atoms with E-state index in [0.717, 1.165) is 22.3 Å². The molecule has 0 aliphatic heterocycles. The number of fused-ring (bicyclic) bond motifs is 1. The molecule has 0 unspecified atom stereocenters. The van der Waals surface area contributed by atoms with Crippen molar-refractivity contribution < 1.29 is 13.9 Å². The number of nitrogens with zero attached hydrogens (tertiary/aromatic N) is 2. The molecule has 4 rings (SSSR count). The molecule has 0 bridgehead atoms. The highest BCUT2D eigenvalue weighted by atomic mass is 16.5. The molecule has 0 fully saturated rings. The van der Waals surface area contributed by atoms with Gasteiger partial charge in [-0.25, -0.2) is 4.68 Å². The van der Waals surface area contributed by atoms with Crippen LogP contribution in [0.5, 0.6) is 5.75 Å². The Kier molecular flexibility index (Phi) is 4.61. The van der Waals surface area contributed by atoms with Crippen molar-refractivity contribution in [2.45, 2.75) is 20.4 Å². The molecule has 6 heteroatoms. The van der Waals surface area contributed by atoms with E-state index in [9.17, 15) is 4.79 Å². The Morgan fingerprint density at radius 1 is 1.14 bits per heavy atom. The fourth-order valence-corrected chi connectivity index (χ4v) is 3.15. The lowest BCUT2D eigenvalue weighted by Crippen LogP contribution is -2.16. The monoisotopic (exact) mass is 375 g/mol. The number of hydrogen-bond acceptors (Lipinski definition) is 4. The van der Waals surface area contributed by atoms with Crippen molar-refractivity contribution in [2.24, 2.45) is 0 Å². The van der Waals surface area contributed by atoms with E-state index in [1.807, 2.05) is 19.1 Å². The van der Waals surface area contributed by atoms with Crippen molar-refractivity contribution in [1.29, 1.82) is 0 Å². The van der Waals surface area contributed by atoms with E-state index in [1.54, 1.807) is 30.1 Å². The van der Waals surface area contributed by atoms with Crippen LogP contribution in [-0.4, -0.2) is 22.8 Å². The molecule has 1 N–H and O–H groups in total. The van der Waals surface area contributed by atoms with Gasteiger partial charge in [-0.2, -0.15) is 5.10 Å². The van der Waals surface area contributed by atoms with Crippen LogP contribution < -0.4 is 10.1 Å². The van der Waals surface area contributed by atoms with Crippen LogP contribution in [0.3, 0.4) is 0 Å². The maximum absolute atomic E-state index is 12.8. The SMILES string of the molecule is COc1ccc2oc(C(=O)Nc3ccnn3Cc3ccc(C)cc3)c(C)c2c1. The first-order chi connectivity index (χ1) is 13.5. The summed E-state index contributed by atoms with van der Waals surface area (Å²) in [4.78, 5) is 12.8. The lowest BCUT2D eigenvalue weighted by atomic mass is 10.1. The summed E-state index contributed by atoms with van der Waals surface area (Å²) >= 11 is 0. The average Bonchev–Trinajstić information content (AvgIpc) is 3.27. The minimum atomic E-state index is -0.307. The summed E-state index contributed by atoms with van der Waals surface area (Å²) in [5.41, 5.74) is 3.74. The molecule has 0 saturated carbocycles. The van der Waals surface area contributed by atoms with Gasteiger partial charge in [-0.05, 0) is 37.6 Å². The number of benzene rings is 2. The Balaban J connectivity index is 1.58. The number of methoxy groups -OCH3 is 1. The number of aryl methyl sites for hydroxylation is 2. The second kappa shape index (κ2) is 7.23. The van der Waals surface area contributed by atoms with Crippen molar-refractivity contribution in [3.8, 4) is 5.75 Å². The third-order valence-corrected chi connectivity index (χ3v) is 4.76. The van der Waals surface area contributed by atoms with Gasteiger partial charge in [0.05, 0.1) is 19.9 Å². The van der Waals surface area contributed by atoms with Gasteiger partial charge in [-0.1, -0.05) is 29.8 Å². The highest BCUT2D eigenvalue weighted by molar-refractivity contribution is 6.06. The summed E-state index contributed by atoms with van der Waals surface area (Å²) in [6.07, 6.45) is 1.67. The first-order valence-corrected chi connectivity index (χ1v) is 9.01. The van der Waals surface area contributed by atoms with Crippen LogP contribution in [0.15, 0.2) is 59.1 Å². The standard InChI is InChI=1S/C22H21N3O3/c1-14-4-6-16(7-5-14)13-25-20(10-11-23-25)24-22(26)21-15(2)18-12-17(27-3)8-9-19(18)28-21/h4-12H,13H2,1-3H3,(H,24,26). The first-order valence-electron chi connectivity index (χ1n) is 9.01. The predicted octanol–water partition coefficient (Wildman–Crippen LogP) is 4.56. The van der Waals surface area contributed by atoms with Gasteiger partial charge in [0.2, 0.25) is 0 Å². The zero-order valence-electron chi connectivity index (χ0n) is 16.0. The number of rotatable bonds is 5. The smallest absolute Gasteiger partial charge is 0.292 e. The van der Waals surface area contributed by atoms with Gasteiger partial charge in [0.1, 0.15) is 17.2 Å². The first kappa shape index (κ1) is 17.9. The Hall–Kier alpha value is -3.54. The minimum absolute atomic E-state index is 0.284. The van der Waals surface area contributed by atoms with Crippen LogP contribution in [0, 0.1) is 13.8 Å². The molecule has 2 heterocycles. The van der Waals surface area contributed by atoms with Crippen LogP contribution >= 0.6 is 0 Å². The van der Waals surface area contributed by atoms with E-state index >= 15 is 0 Å². The van der Waals surface area contributed by atoms with Crippen molar-refractivity contribution in [3.63, 3.8) is 0 Å². The average molecular weight is 375 g/mol. The minimum Gasteiger partial charge on any atom is -0.497 e. The van der Waals surface area contributed by atoms with Crippen LogP contribution in [0.1, 0.15) is 27.2 Å². The van der Waals surface area contributed by atoms with E-state index < -0.39 is 0 Å². The van der Waals surface area contributed by atoms with Gasteiger partial charge in [0.15, 0.2) is 5.76 Å². The van der Waals surface area contributed by atoms with E-state index in [2.05, 4.69) is 41.6 Å². The Morgan fingerprint density at radius 2 is 1.93 bits per heavy atom. The fourth-order valence-electron chi connectivity index (χ4n) is 3.15. The summed E-state index contributed by atoms with van der Waals surface area (Å²) in [7, 11) is 1.61. The molecule has 0 spiro atoms. The molecular weight excluding hydrogens is 354 g/mol. The van der Waals surface area contributed by atoms with Crippen LogP contribution in [-0.2, 0) is 6.54 Å². The third-order valence-electron chi connectivity index (χ3n) is 4.76. The molecule has 0 saturated heterocycles. The molecule has 2 aromatic heterocycles. The quantitative estimate of drug-likeness (QED) is 0.555. The van der Waals surface area contributed by atoms with Crippen LogP contribution in [0.25, 0.3) is 11.0 Å². The lowest BCUT2D eigenvalue weighted by molar-refractivity contribution is 0.0997. The number of amides is 1. The van der Waals surface area contributed by atoms with E-state index in [4.69, 9.17) is 9.15 Å². The van der Waals surface area contributed by atoms with Gasteiger partial charge in [0.25, 0.3) is 5.91 Å². The summed E-state index contributed by atoms with van der Waals surface area (Å²) in [5.74, 6) is 1.31. The van der Waals surface area contributed by atoms with Crippen molar-refractivity contribution in [3.05, 3.63) is 77.2 Å². The van der Waals surface area contributed by atoms with Gasteiger partial charge < -0.3 is 14.5 Å². The molecule has 4 aromatic rings. The number of aromatic nitrogens is 2. The predicted molar refractivity (Wildman–Crippen MR) is 108 cm³/mol. The van der Waals surface area contributed by atoms with Crippen LogP contribution in [0.4, 0.5) is 5.82 Å². The van der Waals surface area contributed by atoms with Crippen LogP contribution in [0.2, 0.25) is 0 Å². The Bertz CT molecular complexity index is 1140. The maximum atomic E-state index is 12.8. The molecule has 0 aliphatic rings. The van der Waals surface area contributed by atoms with Crippen molar-refractivity contribution >= 4 is 22.7 Å². The zero-order valence-corrected chi connectivity index (χ0v) is 16.0. The van der Waals surface area contributed by atoms with E-state index in [0.29, 0.717) is 17.9 Å². The Morgan fingerprint density at radius 3 is 2.68 bits per heavy atom. The maximum Gasteiger partial charge on any atom is 0.292 e. The number of carbonyl (C=O) groups is 1. The zero-order chi connectivity index (χ0) is 19.7. The third kappa shape index (κ3) is 3.36. The molecule has 142 valence electrons. The number of anilines is 1. The van der Waals surface area contributed by atoms with Gasteiger partial charge in [0, 0.05) is 17.0 Å². The molecular formula is C22H21N3O3. The van der Waals surface area contributed by atoms with E-state index in [-0.39, 0.29) is 11.7 Å². The summed E-state index contributed by atoms with van der Waals surface area (Å²) in [6.45, 7) is 4.48. The number of nitrogens with one attached hydrogen (secondary N) is 1. The molecule has 0 atom stereocenters. The van der Waals surface area contributed by atoms with Crippen molar-refractivity contribution in [1.82, 2.24) is 9.78 Å². The number of hydrogen-bond donors (Lipinski definition) is 1. The highest BCUT2D eigenvalue weighted by Crippen LogP contribution is 2.29. The highest BCUT2D eigenvalue weighted by Gasteiger charge is 2.19. The van der Waals surface area contributed by atoms with Gasteiger partial charge in [-0.3, -0.25) is 4.79 Å². The summed E-state index contributed by atoms with van der Waals surface area (Å²) in [6, 6.07) is 15.5. The molecule has 6 nitrogen and oxygen atoms in total. The van der Waals surface area contributed by atoms with E-state index in [1.165, 1.54) is 5.56 Å². The number of ether oxygens (including phenoxy) is 1. The van der Waals surface area contributed by atoms with Crippen molar-refractivity contribution in [2.75, 3.05) is 12.4 Å². The lowest BCUT2D eigenvalue weighted by Gasteiger charge is -2.09. The number of furan rings is 1. The molecule has 2 aromatic carbocycles. The fraction of sp³-hybridized carbons (Fsp3) is 0.182.